The SMILES string of the molecule is CC(N)c1ccccc1Nc1c(F)c(F)c(F)c(F)c1F. The second-order valence-corrected chi connectivity index (χ2v) is 4.45. The number of hydrogen-bond acceptors (Lipinski definition) is 2. The lowest BCUT2D eigenvalue weighted by Gasteiger charge is -2.16. The average Bonchev–Trinajstić information content (AvgIpc) is 2.48. The van der Waals surface area contributed by atoms with Gasteiger partial charge in [-0.3, -0.25) is 0 Å². The van der Waals surface area contributed by atoms with Crippen molar-refractivity contribution < 1.29 is 22.0 Å². The molecule has 2 nitrogen and oxygen atoms in total. The van der Waals surface area contributed by atoms with Gasteiger partial charge >= 0.3 is 0 Å². The molecule has 0 bridgehead atoms. The molecule has 7 heteroatoms. The van der Waals surface area contributed by atoms with E-state index in [0.717, 1.165) is 0 Å². The number of benzene rings is 2. The summed E-state index contributed by atoms with van der Waals surface area (Å²) < 4.78 is 66.5. The molecule has 21 heavy (non-hydrogen) atoms. The van der Waals surface area contributed by atoms with Gasteiger partial charge in [0.1, 0.15) is 5.69 Å². The number of rotatable bonds is 3. The van der Waals surface area contributed by atoms with E-state index < -0.39 is 40.8 Å². The maximum Gasteiger partial charge on any atom is 0.200 e. The average molecular weight is 302 g/mol. The highest BCUT2D eigenvalue weighted by Gasteiger charge is 2.26. The fourth-order valence-corrected chi connectivity index (χ4v) is 1.86. The van der Waals surface area contributed by atoms with Gasteiger partial charge in [-0.15, -0.1) is 0 Å². The first-order valence-electron chi connectivity index (χ1n) is 5.97. The third kappa shape index (κ3) is 2.69. The summed E-state index contributed by atoms with van der Waals surface area (Å²) in [6.07, 6.45) is 0. The van der Waals surface area contributed by atoms with Gasteiger partial charge in [0.25, 0.3) is 0 Å². The minimum atomic E-state index is -2.20. The molecule has 1 unspecified atom stereocenters. The maximum atomic E-state index is 13.6. The molecule has 0 amide bonds. The summed E-state index contributed by atoms with van der Waals surface area (Å²) in [6, 6.07) is 5.70. The number of hydrogen-bond donors (Lipinski definition) is 2. The smallest absolute Gasteiger partial charge is 0.200 e. The standard InChI is InChI=1S/C14H11F5N2/c1-6(20)7-4-2-3-5-8(7)21-14-12(18)10(16)9(15)11(17)13(14)19/h2-6,21H,20H2,1H3. The topological polar surface area (TPSA) is 38.0 Å². The molecular weight excluding hydrogens is 291 g/mol. The molecule has 0 radical (unpaired) electrons. The molecule has 0 aliphatic rings. The van der Waals surface area contributed by atoms with Crippen LogP contribution in [0, 0.1) is 29.1 Å². The number of nitrogens with one attached hydrogen (secondary N) is 1. The van der Waals surface area contributed by atoms with Crippen LogP contribution in [0.3, 0.4) is 0 Å². The Hall–Kier alpha value is -2.15. The van der Waals surface area contributed by atoms with E-state index >= 15 is 0 Å². The van der Waals surface area contributed by atoms with Crippen LogP contribution in [0.4, 0.5) is 33.3 Å². The first kappa shape index (κ1) is 15.2. The Labute approximate surface area is 117 Å². The zero-order valence-corrected chi connectivity index (χ0v) is 10.9. The van der Waals surface area contributed by atoms with Crippen LogP contribution < -0.4 is 11.1 Å². The summed E-state index contributed by atoms with van der Waals surface area (Å²) in [5.74, 6) is -10.1. The van der Waals surface area contributed by atoms with Gasteiger partial charge in [0, 0.05) is 11.7 Å². The third-order valence-electron chi connectivity index (χ3n) is 2.92. The van der Waals surface area contributed by atoms with Crippen molar-refractivity contribution >= 4 is 11.4 Å². The molecule has 0 saturated carbocycles. The van der Waals surface area contributed by atoms with E-state index in [1.807, 2.05) is 0 Å². The fraction of sp³-hybridized carbons (Fsp3) is 0.143. The molecule has 0 spiro atoms. The predicted octanol–water partition coefficient (Wildman–Crippen LogP) is 4.15. The molecule has 0 aromatic heterocycles. The molecule has 0 fully saturated rings. The number of nitrogens with two attached hydrogens (primary N) is 1. The van der Waals surface area contributed by atoms with E-state index in [-0.39, 0.29) is 5.69 Å². The van der Waals surface area contributed by atoms with E-state index in [1.165, 1.54) is 6.07 Å². The van der Waals surface area contributed by atoms with Crippen molar-refractivity contribution in [1.29, 1.82) is 0 Å². The Balaban J connectivity index is 2.56. The Kier molecular flexibility index (Phi) is 4.13. The lowest BCUT2D eigenvalue weighted by Crippen LogP contribution is -2.11. The van der Waals surface area contributed by atoms with E-state index in [0.29, 0.717) is 5.56 Å². The normalized spacial score (nSPS) is 12.3. The van der Waals surface area contributed by atoms with Gasteiger partial charge in [-0.1, -0.05) is 18.2 Å². The Morgan fingerprint density at radius 1 is 0.857 bits per heavy atom. The van der Waals surface area contributed by atoms with E-state index in [2.05, 4.69) is 5.32 Å². The van der Waals surface area contributed by atoms with Gasteiger partial charge in [0.15, 0.2) is 23.3 Å². The summed E-state index contributed by atoms with van der Waals surface area (Å²) >= 11 is 0. The van der Waals surface area contributed by atoms with Gasteiger partial charge in [-0.25, -0.2) is 22.0 Å². The van der Waals surface area contributed by atoms with Crippen molar-refractivity contribution in [2.45, 2.75) is 13.0 Å². The third-order valence-corrected chi connectivity index (χ3v) is 2.92. The molecule has 0 aliphatic carbocycles. The van der Waals surface area contributed by atoms with Crippen LogP contribution in [0.1, 0.15) is 18.5 Å². The summed E-state index contributed by atoms with van der Waals surface area (Å²) in [4.78, 5) is 0. The van der Waals surface area contributed by atoms with Gasteiger partial charge in [-0.05, 0) is 18.6 Å². The largest absolute Gasteiger partial charge is 0.350 e. The number of halogens is 5. The summed E-state index contributed by atoms with van der Waals surface area (Å²) in [6.45, 7) is 1.62. The molecule has 2 aromatic rings. The Morgan fingerprint density at radius 3 is 1.86 bits per heavy atom. The van der Waals surface area contributed by atoms with Crippen LogP contribution in [0.25, 0.3) is 0 Å². The monoisotopic (exact) mass is 302 g/mol. The number of anilines is 2. The predicted molar refractivity (Wildman–Crippen MR) is 68.6 cm³/mol. The highest BCUT2D eigenvalue weighted by molar-refractivity contribution is 5.65. The van der Waals surface area contributed by atoms with E-state index in [9.17, 15) is 22.0 Å². The van der Waals surface area contributed by atoms with E-state index in [1.54, 1.807) is 25.1 Å². The van der Waals surface area contributed by atoms with Gasteiger partial charge in [-0.2, -0.15) is 0 Å². The fourth-order valence-electron chi connectivity index (χ4n) is 1.86. The minimum absolute atomic E-state index is 0.163. The molecule has 1 atom stereocenters. The molecule has 2 rings (SSSR count). The molecule has 3 N–H and O–H groups in total. The molecule has 2 aromatic carbocycles. The Morgan fingerprint density at radius 2 is 1.33 bits per heavy atom. The van der Waals surface area contributed by atoms with Crippen molar-refractivity contribution in [3.05, 3.63) is 58.9 Å². The van der Waals surface area contributed by atoms with Crippen molar-refractivity contribution in [3.63, 3.8) is 0 Å². The Bertz CT molecular complexity index is 656. The molecule has 112 valence electrons. The van der Waals surface area contributed by atoms with Crippen molar-refractivity contribution in [2.75, 3.05) is 5.32 Å². The quantitative estimate of drug-likeness (QED) is 0.508. The number of para-hydroxylation sites is 1. The zero-order valence-electron chi connectivity index (χ0n) is 10.9. The first-order chi connectivity index (χ1) is 9.84. The van der Waals surface area contributed by atoms with Crippen molar-refractivity contribution in [1.82, 2.24) is 0 Å². The highest BCUT2D eigenvalue weighted by atomic mass is 19.2. The molecule has 0 heterocycles. The molecule has 0 aliphatic heterocycles. The highest BCUT2D eigenvalue weighted by Crippen LogP contribution is 2.31. The molecule has 0 saturated heterocycles. The second-order valence-electron chi connectivity index (χ2n) is 4.45. The lowest BCUT2D eigenvalue weighted by molar-refractivity contribution is 0.382. The molecular formula is C14H11F5N2. The summed E-state index contributed by atoms with van der Waals surface area (Å²) in [7, 11) is 0. The van der Waals surface area contributed by atoms with Crippen molar-refractivity contribution in [3.8, 4) is 0 Å². The van der Waals surface area contributed by atoms with Crippen LogP contribution >= 0.6 is 0 Å². The van der Waals surface area contributed by atoms with Crippen molar-refractivity contribution in [2.24, 2.45) is 5.73 Å². The van der Waals surface area contributed by atoms with Gasteiger partial charge < -0.3 is 11.1 Å². The maximum absolute atomic E-state index is 13.6. The lowest BCUT2D eigenvalue weighted by atomic mass is 10.1. The summed E-state index contributed by atoms with van der Waals surface area (Å²) in [5, 5.41) is 2.22. The van der Waals surface area contributed by atoms with Crippen LogP contribution in [0.5, 0.6) is 0 Å². The van der Waals surface area contributed by atoms with Gasteiger partial charge in [0.2, 0.25) is 5.82 Å². The van der Waals surface area contributed by atoms with Crippen LogP contribution in [0.2, 0.25) is 0 Å². The van der Waals surface area contributed by atoms with E-state index in [4.69, 9.17) is 5.73 Å². The van der Waals surface area contributed by atoms with Crippen LogP contribution in [-0.2, 0) is 0 Å². The zero-order chi connectivity index (χ0) is 15.7. The summed E-state index contributed by atoms with van der Waals surface area (Å²) in [5.41, 5.74) is 5.22. The first-order valence-corrected chi connectivity index (χ1v) is 5.97. The second kappa shape index (κ2) is 5.69. The van der Waals surface area contributed by atoms with Crippen LogP contribution in [-0.4, -0.2) is 0 Å². The minimum Gasteiger partial charge on any atom is -0.350 e. The van der Waals surface area contributed by atoms with Crippen LogP contribution in [0.15, 0.2) is 24.3 Å². The van der Waals surface area contributed by atoms with Gasteiger partial charge in [0.05, 0.1) is 0 Å².